The van der Waals surface area contributed by atoms with Crippen molar-refractivity contribution in [3.8, 4) is 0 Å². The summed E-state index contributed by atoms with van der Waals surface area (Å²) in [6, 6.07) is 1.34. The van der Waals surface area contributed by atoms with Crippen LogP contribution in [0, 0.1) is 27.7 Å². The summed E-state index contributed by atoms with van der Waals surface area (Å²) in [5.74, 6) is -3.38. The van der Waals surface area contributed by atoms with E-state index in [0.717, 1.165) is 6.07 Å². The first-order chi connectivity index (χ1) is 8.95. The summed E-state index contributed by atoms with van der Waals surface area (Å²) in [4.78, 5) is 20.9. The van der Waals surface area contributed by atoms with Crippen LogP contribution in [0.1, 0.15) is 24.8 Å². The summed E-state index contributed by atoms with van der Waals surface area (Å²) in [6.07, 6.45) is 0.368. The molecule has 0 radical (unpaired) electrons. The van der Waals surface area contributed by atoms with Crippen molar-refractivity contribution in [3.63, 3.8) is 0 Å². The van der Waals surface area contributed by atoms with Crippen LogP contribution in [0.5, 0.6) is 0 Å². The average Bonchev–Trinajstić information content (AvgIpc) is 3.11. The fourth-order valence-corrected chi connectivity index (χ4v) is 2.02. The number of carbonyl (C=O) groups excluding carboxylic acids is 1. The minimum atomic E-state index is -1.10. The van der Waals surface area contributed by atoms with E-state index in [1.165, 1.54) is 0 Å². The highest BCUT2D eigenvalue weighted by Crippen LogP contribution is 2.49. The minimum absolute atomic E-state index is 0.0128. The number of hydrogen-bond acceptors (Lipinski definition) is 4. The molecule has 0 amide bonds. The van der Waals surface area contributed by atoms with Gasteiger partial charge in [0.1, 0.15) is 5.82 Å². The van der Waals surface area contributed by atoms with Crippen LogP contribution in [0.15, 0.2) is 12.1 Å². The molecule has 0 bridgehead atoms. The lowest BCUT2D eigenvalue weighted by molar-refractivity contribution is -0.387. The van der Waals surface area contributed by atoms with Crippen molar-refractivity contribution < 1.29 is 23.2 Å². The quantitative estimate of drug-likeness (QED) is 0.479. The Morgan fingerprint density at radius 3 is 2.74 bits per heavy atom. The Morgan fingerprint density at radius 1 is 1.47 bits per heavy atom. The van der Waals surface area contributed by atoms with Crippen LogP contribution in [0.2, 0.25) is 0 Å². The van der Waals surface area contributed by atoms with Gasteiger partial charge in [0, 0.05) is 5.92 Å². The van der Waals surface area contributed by atoms with E-state index in [4.69, 9.17) is 4.74 Å². The van der Waals surface area contributed by atoms with Crippen molar-refractivity contribution in [2.45, 2.75) is 19.3 Å². The maximum atomic E-state index is 13.7. The molecule has 0 aromatic heterocycles. The molecule has 0 N–H and O–H groups in total. The number of esters is 1. The molecule has 0 unspecified atom stereocenters. The Bertz CT molecular complexity index is 547. The van der Waals surface area contributed by atoms with E-state index in [0.29, 0.717) is 12.5 Å². The molecule has 1 aliphatic rings. The van der Waals surface area contributed by atoms with E-state index in [2.05, 4.69) is 0 Å². The molecule has 1 aromatic carbocycles. The highest BCUT2D eigenvalue weighted by Gasteiger charge is 2.47. The van der Waals surface area contributed by atoms with Crippen molar-refractivity contribution in [1.82, 2.24) is 0 Å². The summed E-state index contributed by atoms with van der Waals surface area (Å²) in [5, 5.41) is 10.5. The largest absolute Gasteiger partial charge is 0.466 e. The molecule has 1 fully saturated rings. The number of nitro groups is 1. The Labute approximate surface area is 107 Å². The smallest absolute Gasteiger partial charge is 0.309 e. The van der Waals surface area contributed by atoms with Gasteiger partial charge in [-0.2, -0.15) is 4.39 Å². The normalized spacial score (nSPS) is 21.0. The molecule has 1 aliphatic carbocycles. The number of nitro benzene ring substituents is 1. The van der Waals surface area contributed by atoms with E-state index in [9.17, 15) is 23.7 Å². The maximum absolute atomic E-state index is 13.7. The lowest BCUT2D eigenvalue weighted by Gasteiger charge is -2.04. The zero-order chi connectivity index (χ0) is 14.2. The number of hydrogen-bond donors (Lipinski definition) is 0. The highest BCUT2D eigenvalue weighted by atomic mass is 19.1. The molecule has 7 heteroatoms. The van der Waals surface area contributed by atoms with Crippen LogP contribution in [-0.2, 0) is 9.53 Å². The fourth-order valence-electron chi connectivity index (χ4n) is 2.02. The first kappa shape index (κ1) is 13.4. The fraction of sp³-hybridized carbons (Fsp3) is 0.417. The molecular formula is C12H11F2NO4. The third-order valence-electron chi connectivity index (χ3n) is 3.04. The predicted molar refractivity (Wildman–Crippen MR) is 60.5 cm³/mol. The SMILES string of the molecule is CCOC(=O)[C@@H]1C[C@H]1c1cc(F)c([N+](=O)[O-])cc1F. The second-order valence-electron chi connectivity index (χ2n) is 4.28. The summed E-state index contributed by atoms with van der Waals surface area (Å²) in [6.45, 7) is 1.88. The van der Waals surface area contributed by atoms with E-state index in [-0.39, 0.29) is 12.2 Å². The first-order valence-electron chi connectivity index (χ1n) is 5.75. The van der Waals surface area contributed by atoms with Crippen molar-refractivity contribution in [3.05, 3.63) is 39.4 Å². The van der Waals surface area contributed by atoms with E-state index in [1.807, 2.05) is 0 Å². The number of nitrogens with zero attached hydrogens (tertiary/aromatic N) is 1. The molecular weight excluding hydrogens is 260 g/mol. The number of benzene rings is 1. The van der Waals surface area contributed by atoms with Gasteiger partial charge in [-0.25, -0.2) is 4.39 Å². The molecule has 1 saturated carbocycles. The topological polar surface area (TPSA) is 69.4 Å². The second-order valence-corrected chi connectivity index (χ2v) is 4.28. The van der Waals surface area contributed by atoms with E-state index >= 15 is 0 Å². The summed E-state index contributed by atoms with van der Waals surface area (Å²) in [7, 11) is 0. The third kappa shape index (κ3) is 2.54. The van der Waals surface area contributed by atoms with Crippen molar-refractivity contribution in [2.75, 3.05) is 6.61 Å². The van der Waals surface area contributed by atoms with Crippen molar-refractivity contribution >= 4 is 11.7 Å². The lowest BCUT2D eigenvalue weighted by Crippen LogP contribution is -2.08. The monoisotopic (exact) mass is 271 g/mol. The molecule has 2 atom stereocenters. The molecule has 102 valence electrons. The van der Waals surface area contributed by atoms with Crippen LogP contribution >= 0.6 is 0 Å². The molecule has 0 spiro atoms. The Hall–Kier alpha value is -2.05. The van der Waals surface area contributed by atoms with E-state index in [1.54, 1.807) is 6.92 Å². The Kier molecular flexibility index (Phi) is 3.46. The van der Waals surface area contributed by atoms with Gasteiger partial charge < -0.3 is 4.74 Å². The van der Waals surface area contributed by atoms with Crippen molar-refractivity contribution in [2.24, 2.45) is 5.92 Å². The van der Waals surface area contributed by atoms with Gasteiger partial charge in [-0.3, -0.25) is 14.9 Å². The predicted octanol–water partition coefficient (Wildman–Crippen LogP) is 2.54. The molecule has 5 nitrogen and oxygen atoms in total. The van der Waals surface area contributed by atoms with Gasteiger partial charge in [-0.1, -0.05) is 0 Å². The van der Waals surface area contributed by atoms with Crippen LogP contribution < -0.4 is 0 Å². The average molecular weight is 271 g/mol. The standard InChI is InChI=1S/C12H11F2NO4/c1-2-19-12(16)8-3-6(8)7-4-10(14)11(15(17)18)5-9(7)13/h4-6,8H,2-3H2,1H3/t6-,8+/m0/s1. The lowest BCUT2D eigenvalue weighted by atomic mass is 10.1. The van der Waals surface area contributed by atoms with Crippen LogP contribution in [-0.4, -0.2) is 17.5 Å². The van der Waals surface area contributed by atoms with Gasteiger partial charge >= 0.3 is 11.7 Å². The number of carbonyl (C=O) groups is 1. The van der Waals surface area contributed by atoms with Gasteiger partial charge in [0.25, 0.3) is 0 Å². The Morgan fingerprint density at radius 2 is 2.16 bits per heavy atom. The first-order valence-corrected chi connectivity index (χ1v) is 5.75. The molecule has 19 heavy (non-hydrogen) atoms. The van der Waals surface area contributed by atoms with Crippen LogP contribution in [0.25, 0.3) is 0 Å². The van der Waals surface area contributed by atoms with Crippen LogP contribution in [0.4, 0.5) is 14.5 Å². The van der Waals surface area contributed by atoms with Gasteiger partial charge in [0.2, 0.25) is 5.82 Å². The zero-order valence-electron chi connectivity index (χ0n) is 10.1. The third-order valence-corrected chi connectivity index (χ3v) is 3.04. The summed E-state index contributed by atoms with van der Waals surface area (Å²) < 4.78 is 31.9. The molecule has 0 saturated heterocycles. The minimum Gasteiger partial charge on any atom is -0.466 e. The second kappa shape index (κ2) is 4.91. The van der Waals surface area contributed by atoms with E-state index < -0.39 is 40.1 Å². The van der Waals surface area contributed by atoms with Gasteiger partial charge in [-0.05, 0) is 25.0 Å². The van der Waals surface area contributed by atoms with Crippen LogP contribution in [0.3, 0.4) is 0 Å². The van der Waals surface area contributed by atoms with Gasteiger partial charge in [0.05, 0.1) is 23.5 Å². The number of rotatable bonds is 4. The number of halogens is 2. The van der Waals surface area contributed by atoms with Gasteiger partial charge in [-0.15, -0.1) is 0 Å². The summed E-state index contributed by atoms with van der Waals surface area (Å²) in [5.41, 5.74) is -0.921. The molecule has 0 heterocycles. The molecule has 0 aliphatic heterocycles. The summed E-state index contributed by atoms with van der Waals surface area (Å²) >= 11 is 0. The van der Waals surface area contributed by atoms with Gasteiger partial charge in [0.15, 0.2) is 0 Å². The van der Waals surface area contributed by atoms with Crippen molar-refractivity contribution in [1.29, 1.82) is 0 Å². The Balaban J connectivity index is 2.22. The molecule has 2 rings (SSSR count). The highest BCUT2D eigenvalue weighted by molar-refractivity contribution is 5.77. The maximum Gasteiger partial charge on any atom is 0.309 e. The molecule has 1 aromatic rings. The number of ether oxygens (including phenoxy) is 1. The zero-order valence-corrected chi connectivity index (χ0v) is 10.1.